The van der Waals surface area contributed by atoms with Crippen LogP contribution in [0, 0.1) is 0 Å². The molecule has 3 aromatic carbocycles. The minimum Gasteiger partial charge on any atom is -0.496 e. The normalized spacial score (nSPS) is 14.5. The molecule has 1 aliphatic rings. The lowest BCUT2D eigenvalue weighted by molar-refractivity contribution is 0.406. The van der Waals surface area contributed by atoms with Gasteiger partial charge in [-0.2, -0.15) is 0 Å². The third-order valence-electron chi connectivity index (χ3n) is 7.38. The number of fused-ring (bicyclic) bond motifs is 1. The zero-order valence-electron chi connectivity index (χ0n) is 21.0. The van der Waals surface area contributed by atoms with E-state index in [9.17, 15) is 0 Å². The van der Waals surface area contributed by atoms with Gasteiger partial charge in [0.25, 0.3) is 0 Å². The molecule has 4 aromatic rings. The van der Waals surface area contributed by atoms with Gasteiger partial charge < -0.3 is 10.1 Å². The summed E-state index contributed by atoms with van der Waals surface area (Å²) in [7, 11) is 1.73. The molecule has 0 saturated heterocycles. The van der Waals surface area contributed by atoms with E-state index in [1.807, 2.05) is 6.07 Å². The first-order chi connectivity index (χ1) is 17.1. The predicted octanol–water partition coefficient (Wildman–Crippen LogP) is 8.55. The molecule has 1 saturated carbocycles. The SMILES string of the molecule is CCC(C)c1cc2c(Nc3cc(-c4cccc(SC)c4)ccc3C3CCC3)ncnc2cc1OC. The average molecular weight is 484 g/mol. The number of nitrogens with one attached hydrogen (secondary N) is 1. The molecule has 1 unspecified atom stereocenters. The lowest BCUT2D eigenvalue weighted by Crippen LogP contribution is -2.11. The maximum absolute atomic E-state index is 5.71. The molecule has 1 fully saturated rings. The number of nitrogens with zero attached hydrogens (tertiary/aromatic N) is 2. The number of rotatable bonds is 8. The quantitative estimate of drug-likeness (QED) is 0.254. The van der Waals surface area contributed by atoms with Crippen molar-refractivity contribution < 1.29 is 4.74 Å². The van der Waals surface area contributed by atoms with Gasteiger partial charge in [0.1, 0.15) is 17.9 Å². The van der Waals surface area contributed by atoms with Crippen molar-refractivity contribution in [2.24, 2.45) is 0 Å². The second kappa shape index (κ2) is 10.3. The van der Waals surface area contributed by atoms with E-state index in [1.165, 1.54) is 46.4 Å². The van der Waals surface area contributed by atoms with Crippen LogP contribution in [0.3, 0.4) is 0 Å². The van der Waals surface area contributed by atoms with E-state index < -0.39 is 0 Å². The Morgan fingerprint density at radius 1 is 1.06 bits per heavy atom. The van der Waals surface area contributed by atoms with Crippen molar-refractivity contribution in [3.63, 3.8) is 0 Å². The van der Waals surface area contributed by atoms with Gasteiger partial charge in [-0.15, -0.1) is 11.8 Å². The van der Waals surface area contributed by atoms with Gasteiger partial charge in [-0.25, -0.2) is 9.97 Å². The van der Waals surface area contributed by atoms with Crippen LogP contribution in [0.1, 0.15) is 62.5 Å². The van der Waals surface area contributed by atoms with E-state index in [4.69, 9.17) is 9.72 Å². The number of ether oxygens (including phenoxy) is 1. The van der Waals surface area contributed by atoms with Crippen LogP contribution in [0.15, 0.2) is 65.8 Å². The summed E-state index contributed by atoms with van der Waals surface area (Å²) in [6.45, 7) is 4.44. The number of aromatic nitrogens is 2. The first kappa shape index (κ1) is 23.7. The zero-order valence-corrected chi connectivity index (χ0v) is 21.8. The number of hydrogen-bond donors (Lipinski definition) is 1. The molecule has 1 heterocycles. The summed E-state index contributed by atoms with van der Waals surface area (Å²) >= 11 is 1.77. The molecule has 0 amide bonds. The highest BCUT2D eigenvalue weighted by Gasteiger charge is 2.23. The Bertz CT molecular complexity index is 1350. The third kappa shape index (κ3) is 4.74. The molecule has 35 heavy (non-hydrogen) atoms. The predicted molar refractivity (Wildman–Crippen MR) is 148 cm³/mol. The first-order valence-electron chi connectivity index (χ1n) is 12.5. The molecule has 1 aromatic heterocycles. The van der Waals surface area contributed by atoms with Gasteiger partial charge in [-0.05, 0) is 83.9 Å². The van der Waals surface area contributed by atoms with Gasteiger partial charge in [-0.1, -0.05) is 44.5 Å². The smallest absolute Gasteiger partial charge is 0.141 e. The van der Waals surface area contributed by atoms with E-state index in [1.54, 1.807) is 25.2 Å². The fourth-order valence-corrected chi connectivity index (χ4v) is 5.29. The number of thioether (sulfide) groups is 1. The van der Waals surface area contributed by atoms with Crippen LogP contribution in [0.4, 0.5) is 11.5 Å². The van der Waals surface area contributed by atoms with Crippen LogP contribution >= 0.6 is 11.8 Å². The number of anilines is 2. The van der Waals surface area contributed by atoms with Gasteiger partial charge >= 0.3 is 0 Å². The summed E-state index contributed by atoms with van der Waals surface area (Å²) in [4.78, 5) is 10.5. The lowest BCUT2D eigenvalue weighted by Gasteiger charge is -2.28. The summed E-state index contributed by atoms with van der Waals surface area (Å²) in [5.74, 6) is 2.73. The second-order valence-electron chi connectivity index (χ2n) is 9.43. The molecule has 180 valence electrons. The number of benzene rings is 3. The summed E-state index contributed by atoms with van der Waals surface area (Å²) < 4.78 is 5.71. The van der Waals surface area contributed by atoms with E-state index in [2.05, 4.69) is 78.9 Å². The van der Waals surface area contributed by atoms with Crippen LogP contribution in [0.25, 0.3) is 22.0 Å². The Balaban J connectivity index is 1.60. The van der Waals surface area contributed by atoms with Gasteiger partial charge in [0.05, 0.1) is 12.6 Å². The van der Waals surface area contributed by atoms with E-state index in [0.717, 1.165) is 34.6 Å². The van der Waals surface area contributed by atoms with Gasteiger partial charge in [-0.3, -0.25) is 0 Å². The largest absolute Gasteiger partial charge is 0.496 e. The Morgan fingerprint density at radius 2 is 1.89 bits per heavy atom. The standard InChI is InChI=1S/C30H33N3OS/c1-5-19(2)25-16-26-27(17-29(25)34-3)31-18-32-30(26)33-28-15-22(12-13-24(28)20-8-6-9-20)21-10-7-11-23(14-21)35-4/h7,10-20H,5-6,8-9H2,1-4H3,(H,31,32,33). The van der Waals surface area contributed by atoms with Crippen molar-refractivity contribution in [2.45, 2.75) is 56.3 Å². The Hall–Kier alpha value is -3.05. The first-order valence-corrected chi connectivity index (χ1v) is 13.7. The number of methoxy groups -OCH3 is 1. The van der Waals surface area contributed by atoms with Crippen molar-refractivity contribution >= 4 is 34.2 Å². The fourth-order valence-electron chi connectivity index (χ4n) is 4.83. The summed E-state index contributed by atoms with van der Waals surface area (Å²) in [5, 5.41) is 4.75. The van der Waals surface area contributed by atoms with Gasteiger partial charge in [0.2, 0.25) is 0 Å². The molecule has 5 heteroatoms. The Labute approximate surface area is 212 Å². The highest BCUT2D eigenvalue weighted by molar-refractivity contribution is 7.98. The molecule has 0 spiro atoms. The van der Waals surface area contributed by atoms with Crippen LogP contribution in [-0.4, -0.2) is 23.3 Å². The topological polar surface area (TPSA) is 47.0 Å². The van der Waals surface area contributed by atoms with Crippen LogP contribution in [-0.2, 0) is 0 Å². The highest BCUT2D eigenvalue weighted by atomic mass is 32.2. The van der Waals surface area contributed by atoms with E-state index in [0.29, 0.717) is 11.8 Å². The monoisotopic (exact) mass is 483 g/mol. The fraction of sp³-hybridized carbons (Fsp3) is 0.333. The third-order valence-corrected chi connectivity index (χ3v) is 8.11. The number of hydrogen-bond acceptors (Lipinski definition) is 5. The summed E-state index contributed by atoms with van der Waals surface area (Å²) in [5.41, 5.74) is 7.05. The van der Waals surface area contributed by atoms with Crippen molar-refractivity contribution in [3.8, 4) is 16.9 Å². The average Bonchev–Trinajstić information content (AvgIpc) is 2.87. The Morgan fingerprint density at radius 3 is 2.60 bits per heavy atom. The molecule has 0 aliphatic heterocycles. The minimum atomic E-state index is 0.389. The molecule has 1 N–H and O–H groups in total. The molecule has 1 aliphatic carbocycles. The van der Waals surface area contributed by atoms with Crippen molar-refractivity contribution in [3.05, 3.63) is 72.1 Å². The molecule has 4 nitrogen and oxygen atoms in total. The van der Waals surface area contributed by atoms with E-state index in [-0.39, 0.29) is 0 Å². The maximum atomic E-state index is 5.71. The maximum Gasteiger partial charge on any atom is 0.141 e. The summed E-state index contributed by atoms with van der Waals surface area (Å²) in [6.07, 6.45) is 8.60. The van der Waals surface area contributed by atoms with Crippen LogP contribution < -0.4 is 10.1 Å². The molecule has 1 atom stereocenters. The van der Waals surface area contributed by atoms with Gasteiger partial charge in [0, 0.05) is 22.0 Å². The summed E-state index contributed by atoms with van der Waals surface area (Å²) in [6, 6.07) is 19.9. The van der Waals surface area contributed by atoms with Crippen molar-refractivity contribution in [2.75, 3.05) is 18.7 Å². The molecule has 5 rings (SSSR count). The lowest BCUT2D eigenvalue weighted by atomic mass is 9.79. The Kier molecular flexibility index (Phi) is 6.96. The zero-order chi connectivity index (χ0) is 24.4. The second-order valence-corrected chi connectivity index (χ2v) is 10.3. The highest BCUT2D eigenvalue weighted by Crippen LogP contribution is 2.43. The molecule has 0 radical (unpaired) electrons. The van der Waals surface area contributed by atoms with E-state index >= 15 is 0 Å². The minimum absolute atomic E-state index is 0.389. The van der Waals surface area contributed by atoms with Crippen molar-refractivity contribution in [1.29, 1.82) is 0 Å². The molecule has 0 bridgehead atoms. The van der Waals surface area contributed by atoms with Gasteiger partial charge in [0.15, 0.2) is 0 Å². The molecular weight excluding hydrogens is 450 g/mol. The molecular formula is C30H33N3OS. The van der Waals surface area contributed by atoms with Crippen LogP contribution in [0.5, 0.6) is 5.75 Å². The van der Waals surface area contributed by atoms with Crippen molar-refractivity contribution in [1.82, 2.24) is 9.97 Å². The van der Waals surface area contributed by atoms with Crippen LogP contribution in [0.2, 0.25) is 0 Å².